The van der Waals surface area contributed by atoms with Crippen LogP contribution in [0.2, 0.25) is 0 Å². The van der Waals surface area contributed by atoms with E-state index >= 15 is 0 Å². The number of hydrogen-bond donors (Lipinski definition) is 1. The van der Waals surface area contributed by atoms with Crippen LogP contribution in [-0.4, -0.2) is 60.6 Å². The van der Waals surface area contributed by atoms with Crippen LogP contribution in [0.4, 0.5) is 8.78 Å². The third kappa shape index (κ3) is 4.17. The molecule has 1 saturated heterocycles. The Bertz CT molecular complexity index is 1220. The smallest absolute Gasteiger partial charge is 0.185 e. The molecule has 176 valence electrons. The summed E-state index contributed by atoms with van der Waals surface area (Å²) < 4.78 is 53.7. The Morgan fingerprint density at radius 2 is 1.88 bits per heavy atom. The number of aliphatic imine (C=N–C) groups is 1. The maximum absolute atomic E-state index is 14.9. The topological polar surface area (TPSA) is 106 Å². The van der Waals surface area contributed by atoms with Crippen molar-refractivity contribution in [3.8, 4) is 0 Å². The molecule has 1 aromatic carbocycles. The van der Waals surface area contributed by atoms with Crippen LogP contribution in [-0.2, 0) is 21.8 Å². The molecule has 0 bridgehead atoms. The summed E-state index contributed by atoms with van der Waals surface area (Å²) in [7, 11) is -1.82. The highest BCUT2D eigenvalue weighted by Crippen LogP contribution is 2.42. The maximum atomic E-state index is 14.9. The Balaban J connectivity index is 1.68. The number of rotatable bonds is 4. The second kappa shape index (κ2) is 8.25. The molecule has 2 aromatic rings. The van der Waals surface area contributed by atoms with Crippen LogP contribution in [0.25, 0.3) is 0 Å². The van der Waals surface area contributed by atoms with Gasteiger partial charge in [-0.1, -0.05) is 6.07 Å². The molecule has 0 aliphatic carbocycles. The molecule has 10 heteroatoms. The molecule has 0 amide bonds. The van der Waals surface area contributed by atoms with Gasteiger partial charge < -0.3 is 10.6 Å². The Kier molecular flexibility index (Phi) is 5.86. The molecule has 1 atom stereocenters. The average molecular weight is 477 g/mol. The van der Waals surface area contributed by atoms with Crippen molar-refractivity contribution >= 4 is 21.5 Å². The number of ketones is 1. The number of aromatic nitrogens is 1. The van der Waals surface area contributed by atoms with Crippen molar-refractivity contribution in [2.24, 2.45) is 10.7 Å². The summed E-state index contributed by atoms with van der Waals surface area (Å²) in [4.78, 5) is 22.9. The quantitative estimate of drug-likeness (QED) is 0.679. The highest BCUT2D eigenvalue weighted by Gasteiger charge is 2.55. The van der Waals surface area contributed by atoms with Crippen molar-refractivity contribution in [1.82, 2.24) is 9.88 Å². The van der Waals surface area contributed by atoms with E-state index in [0.29, 0.717) is 31.5 Å². The standard InChI is InChI=1S/C23H26F2N4O3S/c1-22(14-33(31,32)23(21(26)28-22)7-9-29(2)10-8-23)17-11-15(3-5-18(17)25)12-20(30)19-6-4-16(24)13-27-19/h3-6,11,13H,7-10,12,14H2,1-2H3,(H2,26,28)/t22-/m0/s1. The molecule has 2 aliphatic heterocycles. The number of amidine groups is 1. The fourth-order valence-corrected chi connectivity index (χ4v) is 7.07. The first-order valence-electron chi connectivity index (χ1n) is 10.7. The molecular formula is C23H26F2N4O3S. The van der Waals surface area contributed by atoms with Gasteiger partial charge in [0, 0.05) is 12.0 Å². The van der Waals surface area contributed by atoms with Crippen molar-refractivity contribution in [2.45, 2.75) is 36.5 Å². The largest absolute Gasteiger partial charge is 0.386 e. The van der Waals surface area contributed by atoms with Gasteiger partial charge in [-0.2, -0.15) is 0 Å². The number of likely N-dealkylation sites (tertiary alicyclic amines) is 1. The minimum Gasteiger partial charge on any atom is -0.386 e. The molecule has 1 fully saturated rings. The number of benzene rings is 1. The lowest BCUT2D eigenvalue weighted by molar-refractivity contribution is 0.0988. The van der Waals surface area contributed by atoms with Gasteiger partial charge in [0.2, 0.25) is 0 Å². The molecule has 2 aliphatic rings. The number of carbonyl (C=O) groups excluding carboxylic acids is 1. The Morgan fingerprint density at radius 1 is 1.18 bits per heavy atom. The van der Waals surface area contributed by atoms with Gasteiger partial charge in [-0.25, -0.2) is 17.2 Å². The van der Waals surface area contributed by atoms with E-state index < -0.39 is 31.8 Å². The fraction of sp³-hybridized carbons (Fsp3) is 0.435. The molecule has 7 nitrogen and oxygen atoms in total. The first kappa shape index (κ1) is 23.4. The van der Waals surface area contributed by atoms with Crippen molar-refractivity contribution in [2.75, 3.05) is 25.9 Å². The van der Waals surface area contributed by atoms with Gasteiger partial charge in [-0.15, -0.1) is 0 Å². The number of nitrogens with two attached hydrogens (primary N) is 1. The van der Waals surface area contributed by atoms with Crippen LogP contribution >= 0.6 is 0 Å². The van der Waals surface area contributed by atoms with E-state index in [9.17, 15) is 22.0 Å². The van der Waals surface area contributed by atoms with Gasteiger partial charge in [0.05, 0.1) is 11.9 Å². The van der Waals surface area contributed by atoms with Gasteiger partial charge in [-0.3, -0.25) is 14.8 Å². The second-order valence-corrected chi connectivity index (χ2v) is 11.4. The average Bonchev–Trinajstić information content (AvgIpc) is 2.74. The summed E-state index contributed by atoms with van der Waals surface area (Å²) >= 11 is 0. The molecule has 0 radical (unpaired) electrons. The lowest BCUT2D eigenvalue weighted by Crippen LogP contribution is -2.62. The number of hydrogen-bond acceptors (Lipinski definition) is 7. The number of Topliss-reactive ketones (excluding diaryl/α,β-unsaturated/α-hetero) is 1. The molecular weight excluding hydrogens is 450 g/mol. The molecule has 3 heterocycles. The van der Waals surface area contributed by atoms with E-state index in [1.54, 1.807) is 6.92 Å². The SMILES string of the molecule is CN1CCC2(CC1)C(N)=N[C@](C)(c1cc(CC(=O)c3ccc(F)cn3)ccc1F)CS2(=O)=O. The van der Waals surface area contributed by atoms with Gasteiger partial charge in [0.1, 0.15) is 33.4 Å². The Morgan fingerprint density at radius 3 is 2.48 bits per heavy atom. The highest BCUT2D eigenvalue weighted by atomic mass is 32.2. The summed E-state index contributed by atoms with van der Waals surface area (Å²) in [6.45, 7) is 2.70. The normalized spacial score (nSPS) is 24.4. The van der Waals surface area contributed by atoms with E-state index in [4.69, 9.17) is 5.73 Å². The summed E-state index contributed by atoms with van der Waals surface area (Å²) in [5.74, 6) is -1.92. The lowest BCUT2D eigenvalue weighted by Gasteiger charge is -2.45. The fourth-order valence-electron chi connectivity index (χ4n) is 4.66. The number of pyridine rings is 1. The van der Waals surface area contributed by atoms with Crippen LogP contribution < -0.4 is 5.73 Å². The Labute approximate surface area is 191 Å². The lowest BCUT2D eigenvalue weighted by atomic mass is 9.89. The van der Waals surface area contributed by atoms with Crippen molar-refractivity contribution in [3.63, 3.8) is 0 Å². The van der Waals surface area contributed by atoms with Crippen LogP contribution in [0.1, 0.15) is 41.4 Å². The van der Waals surface area contributed by atoms with Gasteiger partial charge in [0.15, 0.2) is 15.6 Å². The monoisotopic (exact) mass is 476 g/mol. The first-order chi connectivity index (χ1) is 15.5. The number of piperidine rings is 1. The molecule has 4 rings (SSSR count). The van der Waals surface area contributed by atoms with Crippen molar-refractivity contribution in [3.05, 3.63) is 65.0 Å². The zero-order valence-corrected chi connectivity index (χ0v) is 19.3. The zero-order chi connectivity index (χ0) is 24.0. The van der Waals surface area contributed by atoms with Crippen molar-refractivity contribution in [1.29, 1.82) is 0 Å². The number of nitrogens with zero attached hydrogens (tertiary/aromatic N) is 3. The highest BCUT2D eigenvalue weighted by molar-refractivity contribution is 7.93. The number of carbonyl (C=O) groups is 1. The molecule has 1 aromatic heterocycles. The molecule has 0 unspecified atom stereocenters. The van der Waals surface area contributed by atoms with Crippen LogP contribution in [0.5, 0.6) is 0 Å². The minimum atomic E-state index is -3.74. The number of halogens is 2. The van der Waals surface area contributed by atoms with E-state index in [2.05, 4.69) is 9.98 Å². The summed E-state index contributed by atoms with van der Waals surface area (Å²) in [6, 6.07) is 6.52. The first-order valence-corrected chi connectivity index (χ1v) is 12.3. The summed E-state index contributed by atoms with van der Waals surface area (Å²) in [5, 5.41) is 0. The Hall–Kier alpha value is -2.72. The van der Waals surface area contributed by atoms with Gasteiger partial charge in [-0.05, 0) is 69.7 Å². The molecule has 33 heavy (non-hydrogen) atoms. The third-order valence-electron chi connectivity index (χ3n) is 6.68. The zero-order valence-electron chi connectivity index (χ0n) is 18.5. The van der Waals surface area contributed by atoms with Crippen LogP contribution in [0.15, 0.2) is 41.5 Å². The molecule has 1 spiro atoms. The third-order valence-corrected chi connectivity index (χ3v) is 9.43. The van der Waals surface area contributed by atoms with E-state index in [-0.39, 0.29) is 35.0 Å². The second-order valence-electron chi connectivity index (χ2n) is 9.10. The molecule has 2 N–H and O–H groups in total. The predicted molar refractivity (Wildman–Crippen MR) is 121 cm³/mol. The van der Waals surface area contributed by atoms with Crippen LogP contribution in [0.3, 0.4) is 0 Å². The maximum Gasteiger partial charge on any atom is 0.185 e. The minimum absolute atomic E-state index is 0.0146. The molecule has 0 saturated carbocycles. The van der Waals surface area contributed by atoms with E-state index in [1.165, 1.54) is 24.3 Å². The van der Waals surface area contributed by atoms with Gasteiger partial charge >= 0.3 is 0 Å². The predicted octanol–water partition coefficient (Wildman–Crippen LogP) is 2.25. The van der Waals surface area contributed by atoms with Crippen molar-refractivity contribution < 1.29 is 22.0 Å². The van der Waals surface area contributed by atoms with Gasteiger partial charge in [0.25, 0.3) is 0 Å². The summed E-state index contributed by atoms with van der Waals surface area (Å²) in [6.07, 6.45) is 1.54. The van der Waals surface area contributed by atoms with Crippen LogP contribution in [0, 0.1) is 11.6 Å². The number of sulfone groups is 1. The summed E-state index contributed by atoms with van der Waals surface area (Å²) in [5.41, 5.74) is 5.47. The van der Waals surface area contributed by atoms with E-state index in [1.807, 2.05) is 11.9 Å². The van der Waals surface area contributed by atoms with E-state index in [0.717, 1.165) is 12.3 Å².